The van der Waals surface area contributed by atoms with Gasteiger partial charge in [0.2, 0.25) is 0 Å². The van der Waals surface area contributed by atoms with Gasteiger partial charge in [0.15, 0.2) is 16.7 Å². The Morgan fingerprint density at radius 1 is 1.55 bits per heavy atom. The summed E-state index contributed by atoms with van der Waals surface area (Å²) in [4.78, 5) is 17.7. The second-order valence-corrected chi connectivity index (χ2v) is 6.38. The van der Waals surface area contributed by atoms with Gasteiger partial charge in [-0.05, 0) is 18.9 Å². The molecule has 1 atom stereocenters. The first-order valence-electron chi connectivity index (χ1n) is 6.81. The quantitative estimate of drug-likeness (QED) is 0.603. The van der Waals surface area contributed by atoms with Gasteiger partial charge in [0.1, 0.15) is 5.69 Å². The topological polar surface area (TPSA) is 51.1 Å². The summed E-state index contributed by atoms with van der Waals surface area (Å²) in [7, 11) is 1.18. The fourth-order valence-electron chi connectivity index (χ4n) is 2.53. The number of hydrogen-bond donors (Lipinski definition) is 0. The molecule has 0 radical (unpaired) electrons. The molecule has 0 bridgehead atoms. The maximum atomic E-state index is 14.1. The molecule has 0 aliphatic carbocycles. The van der Waals surface area contributed by atoms with Crippen LogP contribution in [0.1, 0.15) is 12.8 Å². The molecule has 2 heterocycles. The molecule has 0 amide bonds. The van der Waals surface area contributed by atoms with Crippen molar-refractivity contribution in [3.63, 3.8) is 0 Å². The van der Waals surface area contributed by atoms with E-state index in [9.17, 15) is 9.18 Å². The third kappa shape index (κ3) is 3.01. The van der Waals surface area contributed by atoms with Crippen LogP contribution in [0.4, 0.5) is 14.9 Å². The minimum atomic E-state index is -0.915. The number of aliphatic imine (C=N–C) groups is 1. The van der Waals surface area contributed by atoms with Crippen molar-refractivity contribution in [1.29, 1.82) is 0 Å². The normalized spacial score (nSPS) is 22.0. The van der Waals surface area contributed by atoms with E-state index in [2.05, 4.69) is 14.6 Å². The number of amidine groups is 1. The molecule has 2 aliphatic heterocycles. The Labute approximate surface area is 136 Å². The summed E-state index contributed by atoms with van der Waals surface area (Å²) >= 11 is 7.48. The first kappa shape index (κ1) is 15.4. The highest BCUT2D eigenvalue weighted by molar-refractivity contribution is 8.14. The van der Waals surface area contributed by atoms with Crippen LogP contribution in [-0.2, 0) is 4.74 Å². The Balaban J connectivity index is 1.90. The van der Waals surface area contributed by atoms with Gasteiger partial charge in [0.25, 0.3) is 0 Å². The predicted molar refractivity (Wildman–Crippen MR) is 83.7 cm³/mol. The number of ether oxygens (including phenoxy) is 2. The zero-order chi connectivity index (χ0) is 15.7. The molecule has 118 valence electrons. The summed E-state index contributed by atoms with van der Waals surface area (Å²) in [6.45, 7) is 0.942. The molecule has 1 aromatic rings. The molecule has 0 unspecified atom stereocenters. The number of fused-ring (bicyclic) bond motifs is 1. The molecule has 0 saturated carbocycles. The summed E-state index contributed by atoms with van der Waals surface area (Å²) in [6.07, 6.45) is 1.36. The lowest BCUT2D eigenvalue weighted by molar-refractivity contribution is 0.121. The molecular weight excluding hydrogens is 331 g/mol. The number of benzene rings is 1. The van der Waals surface area contributed by atoms with E-state index in [1.54, 1.807) is 11.8 Å². The summed E-state index contributed by atoms with van der Waals surface area (Å²) in [6, 6.07) is 2.89. The highest BCUT2D eigenvalue weighted by Gasteiger charge is 2.34. The molecule has 1 aromatic carbocycles. The number of hydrogen-bond acceptors (Lipinski definition) is 5. The monoisotopic (exact) mass is 344 g/mol. The average Bonchev–Trinajstić information content (AvgIpc) is 3.08. The molecular formula is C14H14ClFN2O3S. The van der Waals surface area contributed by atoms with Gasteiger partial charge in [-0.15, -0.1) is 0 Å². The average molecular weight is 345 g/mol. The second kappa shape index (κ2) is 6.34. The molecule has 2 saturated heterocycles. The van der Waals surface area contributed by atoms with Crippen LogP contribution in [0.3, 0.4) is 0 Å². The van der Waals surface area contributed by atoms with Crippen LogP contribution < -0.4 is 4.74 Å². The predicted octanol–water partition coefficient (Wildman–Crippen LogP) is 3.82. The molecule has 8 heteroatoms. The Hall–Kier alpha value is -1.47. The molecule has 3 rings (SSSR count). The van der Waals surface area contributed by atoms with Gasteiger partial charge in [-0.1, -0.05) is 23.4 Å². The largest absolute Gasteiger partial charge is 0.513 e. The van der Waals surface area contributed by atoms with Crippen molar-refractivity contribution in [3.05, 3.63) is 23.0 Å². The van der Waals surface area contributed by atoms with Crippen molar-refractivity contribution in [1.82, 2.24) is 4.90 Å². The van der Waals surface area contributed by atoms with Gasteiger partial charge in [0, 0.05) is 24.4 Å². The zero-order valence-corrected chi connectivity index (χ0v) is 13.4. The number of carbonyl (C=O) groups excluding carboxylic acids is 1. The minimum Gasteiger partial charge on any atom is -0.437 e. The molecule has 0 spiro atoms. The van der Waals surface area contributed by atoms with Crippen LogP contribution in [0.5, 0.6) is 5.75 Å². The Bertz CT molecular complexity index is 641. The van der Waals surface area contributed by atoms with E-state index in [1.807, 2.05) is 0 Å². The zero-order valence-electron chi connectivity index (χ0n) is 11.8. The van der Waals surface area contributed by atoms with Gasteiger partial charge in [-0.25, -0.2) is 14.2 Å². The van der Waals surface area contributed by atoms with Crippen LogP contribution >= 0.6 is 23.4 Å². The van der Waals surface area contributed by atoms with Crippen LogP contribution in [0, 0.1) is 5.82 Å². The van der Waals surface area contributed by atoms with E-state index in [0.717, 1.165) is 36.4 Å². The van der Waals surface area contributed by atoms with E-state index < -0.39 is 12.0 Å². The van der Waals surface area contributed by atoms with Crippen LogP contribution in [0.15, 0.2) is 17.1 Å². The van der Waals surface area contributed by atoms with Gasteiger partial charge in [-0.2, -0.15) is 0 Å². The molecule has 2 fully saturated rings. The van der Waals surface area contributed by atoms with Crippen molar-refractivity contribution in [2.24, 2.45) is 4.99 Å². The summed E-state index contributed by atoms with van der Waals surface area (Å²) < 4.78 is 23.4. The van der Waals surface area contributed by atoms with E-state index in [0.29, 0.717) is 6.04 Å². The number of rotatable bonds is 2. The van der Waals surface area contributed by atoms with Gasteiger partial charge in [-0.3, -0.25) is 0 Å². The van der Waals surface area contributed by atoms with Gasteiger partial charge >= 0.3 is 6.16 Å². The second-order valence-electron chi connectivity index (χ2n) is 4.99. The number of methoxy groups -OCH3 is 1. The lowest BCUT2D eigenvalue weighted by Crippen LogP contribution is -2.27. The first-order valence-corrected chi connectivity index (χ1v) is 8.18. The maximum absolute atomic E-state index is 14.1. The number of halogens is 2. The molecule has 5 nitrogen and oxygen atoms in total. The van der Waals surface area contributed by atoms with E-state index in [1.165, 1.54) is 13.2 Å². The van der Waals surface area contributed by atoms with E-state index in [-0.39, 0.29) is 16.5 Å². The smallest absolute Gasteiger partial charge is 0.437 e. The minimum absolute atomic E-state index is 0.00928. The maximum Gasteiger partial charge on any atom is 0.513 e. The van der Waals surface area contributed by atoms with Crippen LogP contribution in [-0.4, -0.2) is 41.7 Å². The van der Waals surface area contributed by atoms with Crippen molar-refractivity contribution in [2.45, 2.75) is 18.9 Å². The number of carbonyl (C=O) groups is 1. The SMILES string of the molecule is COC(=O)Oc1cc(/N=C2\SC[C@@H]3CCCN23)c(F)cc1Cl. The van der Waals surface area contributed by atoms with E-state index >= 15 is 0 Å². The Morgan fingerprint density at radius 3 is 3.14 bits per heavy atom. The lowest BCUT2D eigenvalue weighted by atomic mass is 10.2. The van der Waals surface area contributed by atoms with Crippen molar-refractivity contribution < 1.29 is 18.7 Å². The summed E-state index contributed by atoms with van der Waals surface area (Å²) in [5.41, 5.74) is 0.0957. The van der Waals surface area contributed by atoms with Crippen LogP contribution in [0.2, 0.25) is 5.02 Å². The lowest BCUT2D eigenvalue weighted by Gasteiger charge is -2.16. The molecule has 22 heavy (non-hydrogen) atoms. The van der Waals surface area contributed by atoms with Gasteiger partial charge < -0.3 is 14.4 Å². The fraction of sp³-hybridized carbons (Fsp3) is 0.429. The van der Waals surface area contributed by atoms with E-state index in [4.69, 9.17) is 16.3 Å². The van der Waals surface area contributed by atoms with Crippen LogP contribution in [0.25, 0.3) is 0 Å². The van der Waals surface area contributed by atoms with Gasteiger partial charge in [0.05, 0.1) is 12.1 Å². The third-order valence-corrected chi connectivity index (χ3v) is 5.04. The summed E-state index contributed by atoms with van der Waals surface area (Å²) in [5.74, 6) is 0.438. The highest BCUT2D eigenvalue weighted by Crippen LogP contribution is 2.36. The molecule has 0 N–H and O–H groups in total. The summed E-state index contributed by atoms with van der Waals surface area (Å²) in [5, 5.41) is 0.790. The fourth-order valence-corrected chi connectivity index (χ4v) is 3.97. The first-order chi connectivity index (χ1) is 10.6. The highest BCUT2D eigenvalue weighted by atomic mass is 35.5. The third-order valence-electron chi connectivity index (χ3n) is 3.61. The van der Waals surface area contributed by atoms with Crippen molar-refractivity contribution in [3.8, 4) is 5.75 Å². The van der Waals surface area contributed by atoms with Crippen molar-refractivity contribution >= 4 is 40.4 Å². The molecule has 2 aliphatic rings. The number of nitrogens with zero attached hydrogens (tertiary/aromatic N) is 2. The Morgan fingerprint density at radius 2 is 2.36 bits per heavy atom. The Kier molecular flexibility index (Phi) is 4.44. The standard InChI is InChI=1S/C14H14ClFN2O3S/c1-20-14(19)21-12-6-11(10(16)5-9(12)15)17-13-18-4-2-3-8(18)7-22-13/h5-6,8H,2-4,7H2,1H3/b17-13-/t8-/m0/s1. The van der Waals surface area contributed by atoms with Crippen molar-refractivity contribution in [2.75, 3.05) is 19.4 Å². The molecule has 0 aromatic heterocycles. The number of thioether (sulfide) groups is 1.